The van der Waals surface area contributed by atoms with Gasteiger partial charge in [0.1, 0.15) is 10.9 Å². The summed E-state index contributed by atoms with van der Waals surface area (Å²) in [7, 11) is 3.24. The zero-order chi connectivity index (χ0) is 22.5. The van der Waals surface area contributed by atoms with Crippen molar-refractivity contribution >= 4 is 51.2 Å². The van der Waals surface area contributed by atoms with Crippen LogP contribution in [0.1, 0.15) is 5.56 Å². The summed E-state index contributed by atoms with van der Waals surface area (Å²) < 4.78 is 19.1. The predicted molar refractivity (Wildman–Crippen MR) is 132 cm³/mol. The van der Waals surface area contributed by atoms with E-state index in [1.165, 1.54) is 11.8 Å². The number of rotatable bonds is 9. The average molecular weight is 469 g/mol. The second-order valence-corrected chi connectivity index (χ2v) is 8.80. The fraction of sp³-hybridized carbons (Fsp3) is 0.250. The first-order valence-electron chi connectivity index (χ1n) is 10.2. The molecule has 8 heteroatoms. The van der Waals surface area contributed by atoms with Crippen LogP contribution in [0.2, 0.25) is 0 Å². The molecule has 32 heavy (non-hydrogen) atoms. The van der Waals surface area contributed by atoms with Crippen molar-refractivity contribution in [2.45, 2.75) is 6.54 Å². The minimum Gasteiger partial charge on any atom is -0.493 e. The maximum Gasteiger partial charge on any atom is 0.266 e. The third kappa shape index (κ3) is 4.67. The van der Waals surface area contributed by atoms with Crippen molar-refractivity contribution < 1.29 is 19.0 Å². The zero-order valence-corrected chi connectivity index (χ0v) is 19.6. The summed E-state index contributed by atoms with van der Waals surface area (Å²) >= 11 is 6.72. The van der Waals surface area contributed by atoms with Crippen LogP contribution in [0.5, 0.6) is 11.5 Å². The Bertz CT molecular complexity index is 1170. The highest BCUT2D eigenvalue weighted by atomic mass is 32.2. The van der Waals surface area contributed by atoms with Crippen LogP contribution in [-0.2, 0) is 16.1 Å². The lowest BCUT2D eigenvalue weighted by molar-refractivity contribution is -0.122. The van der Waals surface area contributed by atoms with Gasteiger partial charge in [-0.1, -0.05) is 54.3 Å². The van der Waals surface area contributed by atoms with Crippen molar-refractivity contribution in [1.29, 1.82) is 0 Å². The van der Waals surface area contributed by atoms with Crippen LogP contribution in [0.25, 0.3) is 17.0 Å². The molecule has 0 spiro atoms. The molecule has 0 saturated carbocycles. The molecule has 2 aromatic carbocycles. The minimum atomic E-state index is -0.0756. The Hall–Kier alpha value is -2.81. The number of ether oxygens (including phenoxy) is 3. The van der Waals surface area contributed by atoms with Gasteiger partial charge >= 0.3 is 0 Å². The number of carbonyl (C=O) groups is 1. The van der Waals surface area contributed by atoms with Crippen molar-refractivity contribution in [2.75, 3.05) is 34.0 Å². The standard InChI is InChI=1S/C24H24N2O4S2/c1-28-13-12-26-23(27)22(32-24(26)31)15-17-16-25(19-8-4-3-7-18(17)19)11-14-30-21-10-6-5-9-20(21)29-2/h3-10,15-16H,11-14H2,1-2H3/b22-15-. The SMILES string of the molecule is COCCN1C(=O)/C(=C/c2cn(CCOc3ccccc3OC)c3ccccc23)SC1=S. The van der Waals surface area contributed by atoms with Crippen molar-refractivity contribution in [3.8, 4) is 11.5 Å². The molecule has 1 saturated heterocycles. The molecule has 166 valence electrons. The van der Waals surface area contributed by atoms with Gasteiger partial charge < -0.3 is 18.8 Å². The van der Waals surface area contributed by atoms with E-state index in [1.807, 2.05) is 42.5 Å². The molecule has 0 radical (unpaired) electrons. The monoisotopic (exact) mass is 468 g/mol. The van der Waals surface area contributed by atoms with Crippen LogP contribution >= 0.6 is 24.0 Å². The van der Waals surface area contributed by atoms with Gasteiger partial charge in [0.25, 0.3) is 5.91 Å². The van der Waals surface area contributed by atoms with E-state index < -0.39 is 0 Å². The van der Waals surface area contributed by atoms with Crippen LogP contribution in [0, 0.1) is 0 Å². The van der Waals surface area contributed by atoms with Crippen LogP contribution in [0.3, 0.4) is 0 Å². The van der Waals surface area contributed by atoms with Gasteiger partial charge in [0.05, 0.1) is 31.7 Å². The predicted octanol–water partition coefficient (Wildman–Crippen LogP) is 4.58. The van der Waals surface area contributed by atoms with Gasteiger partial charge in [0.2, 0.25) is 0 Å². The third-order valence-electron chi connectivity index (χ3n) is 5.16. The first kappa shape index (κ1) is 22.4. The van der Waals surface area contributed by atoms with Gasteiger partial charge in [-0.25, -0.2) is 0 Å². The van der Waals surface area contributed by atoms with E-state index in [1.54, 1.807) is 19.1 Å². The van der Waals surface area contributed by atoms with Crippen molar-refractivity contribution in [3.05, 3.63) is 65.2 Å². The minimum absolute atomic E-state index is 0.0756. The molecule has 0 atom stereocenters. The number of hydrogen-bond acceptors (Lipinski definition) is 6. The van der Waals surface area contributed by atoms with Gasteiger partial charge in [-0.15, -0.1) is 0 Å². The first-order chi connectivity index (χ1) is 15.6. The Kier molecular flexibility index (Phi) is 7.14. The lowest BCUT2D eigenvalue weighted by Crippen LogP contribution is -2.31. The van der Waals surface area contributed by atoms with E-state index in [4.69, 9.17) is 26.4 Å². The molecule has 1 aliphatic rings. The molecule has 4 rings (SSSR count). The van der Waals surface area contributed by atoms with Gasteiger partial charge in [-0.05, 0) is 24.3 Å². The molecule has 1 fully saturated rings. The van der Waals surface area contributed by atoms with E-state index in [-0.39, 0.29) is 5.91 Å². The van der Waals surface area contributed by atoms with E-state index in [9.17, 15) is 4.79 Å². The summed E-state index contributed by atoms with van der Waals surface area (Å²) in [6.45, 7) is 2.05. The highest BCUT2D eigenvalue weighted by Crippen LogP contribution is 2.34. The van der Waals surface area contributed by atoms with Crippen molar-refractivity contribution in [1.82, 2.24) is 9.47 Å². The lowest BCUT2D eigenvalue weighted by atomic mass is 10.1. The molecule has 0 bridgehead atoms. The number of carbonyl (C=O) groups excluding carboxylic acids is 1. The van der Waals surface area contributed by atoms with Gasteiger partial charge in [-0.3, -0.25) is 9.69 Å². The van der Waals surface area contributed by atoms with Crippen LogP contribution in [-0.4, -0.2) is 53.7 Å². The number of thiocarbonyl (C=S) groups is 1. The quantitative estimate of drug-likeness (QED) is 0.339. The molecule has 1 amide bonds. The number of benzene rings is 2. The zero-order valence-electron chi connectivity index (χ0n) is 17.9. The van der Waals surface area contributed by atoms with E-state index in [0.29, 0.717) is 47.0 Å². The second-order valence-electron chi connectivity index (χ2n) is 7.12. The first-order valence-corrected chi connectivity index (χ1v) is 11.4. The molecule has 1 aliphatic heterocycles. The normalized spacial score (nSPS) is 15.2. The summed E-state index contributed by atoms with van der Waals surface area (Å²) in [5, 5.41) is 1.08. The highest BCUT2D eigenvalue weighted by molar-refractivity contribution is 8.26. The van der Waals surface area contributed by atoms with Crippen LogP contribution < -0.4 is 9.47 Å². The molecular weight excluding hydrogens is 444 g/mol. The molecule has 3 aromatic rings. The Balaban J connectivity index is 1.55. The third-order valence-corrected chi connectivity index (χ3v) is 6.54. The Labute approximate surface area is 196 Å². The molecule has 6 nitrogen and oxygen atoms in total. The molecule has 1 aromatic heterocycles. The van der Waals surface area contributed by atoms with Gasteiger partial charge in [0, 0.05) is 29.8 Å². The Morgan fingerprint density at radius 2 is 1.75 bits per heavy atom. The van der Waals surface area contributed by atoms with E-state index in [2.05, 4.69) is 22.9 Å². The Morgan fingerprint density at radius 1 is 1.00 bits per heavy atom. The molecular formula is C24H24N2O4S2. The highest BCUT2D eigenvalue weighted by Gasteiger charge is 2.31. The molecule has 0 aliphatic carbocycles. The van der Waals surface area contributed by atoms with E-state index in [0.717, 1.165) is 16.5 Å². The number of amides is 1. The summed E-state index contributed by atoms with van der Waals surface area (Å²) in [5.41, 5.74) is 2.06. The van der Waals surface area contributed by atoms with Crippen molar-refractivity contribution in [2.24, 2.45) is 0 Å². The average Bonchev–Trinajstić information content (AvgIpc) is 3.29. The molecule has 2 heterocycles. The number of methoxy groups -OCH3 is 2. The number of hydrogen-bond donors (Lipinski definition) is 0. The summed E-state index contributed by atoms with van der Waals surface area (Å²) in [5.74, 6) is 1.35. The largest absolute Gasteiger partial charge is 0.493 e. The van der Waals surface area contributed by atoms with Crippen LogP contribution in [0.4, 0.5) is 0 Å². The number of para-hydroxylation sites is 3. The molecule has 0 N–H and O–H groups in total. The summed E-state index contributed by atoms with van der Waals surface area (Å²) in [6, 6.07) is 15.7. The fourth-order valence-corrected chi connectivity index (χ4v) is 4.88. The lowest BCUT2D eigenvalue weighted by Gasteiger charge is -2.12. The number of nitrogens with zero attached hydrogens (tertiary/aromatic N) is 2. The van der Waals surface area contributed by atoms with Gasteiger partial charge in [-0.2, -0.15) is 0 Å². The fourth-order valence-electron chi connectivity index (χ4n) is 3.58. The topological polar surface area (TPSA) is 52.9 Å². The summed E-state index contributed by atoms with van der Waals surface area (Å²) in [6.07, 6.45) is 3.98. The Morgan fingerprint density at radius 3 is 2.53 bits per heavy atom. The van der Waals surface area contributed by atoms with Crippen molar-refractivity contribution in [3.63, 3.8) is 0 Å². The van der Waals surface area contributed by atoms with Gasteiger partial charge in [0.15, 0.2) is 11.5 Å². The smallest absolute Gasteiger partial charge is 0.266 e. The maximum atomic E-state index is 12.8. The second kappa shape index (κ2) is 10.2. The number of fused-ring (bicyclic) bond motifs is 1. The van der Waals surface area contributed by atoms with E-state index >= 15 is 0 Å². The number of aromatic nitrogens is 1. The van der Waals surface area contributed by atoms with Crippen LogP contribution in [0.15, 0.2) is 59.6 Å². The molecule has 0 unspecified atom stereocenters. The maximum absolute atomic E-state index is 12.8. The number of thioether (sulfide) groups is 1. The summed E-state index contributed by atoms with van der Waals surface area (Å²) in [4.78, 5) is 15.0.